The van der Waals surface area contributed by atoms with Crippen molar-refractivity contribution in [2.24, 2.45) is 11.3 Å². The number of rotatable bonds is 12. The Labute approximate surface area is 290 Å². The molecule has 3 aromatic carbocycles. The minimum absolute atomic E-state index is 0.0506. The highest BCUT2D eigenvalue weighted by atomic mass is 16.6. The van der Waals surface area contributed by atoms with Crippen LogP contribution in [0.15, 0.2) is 66.7 Å². The number of methoxy groups -OCH3 is 2. The fourth-order valence-corrected chi connectivity index (χ4v) is 7.86. The Morgan fingerprint density at radius 2 is 1.63 bits per heavy atom. The minimum Gasteiger partial charge on any atom is -0.504 e. The summed E-state index contributed by atoms with van der Waals surface area (Å²) in [5, 5.41) is 21.3. The van der Waals surface area contributed by atoms with Crippen molar-refractivity contribution in [3.05, 3.63) is 89.0 Å². The van der Waals surface area contributed by atoms with Crippen LogP contribution < -0.4 is 9.47 Å². The fraction of sp³-hybridized carbons (Fsp3) is 0.463. The summed E-state index contributed by atoms with van der Waals surface area (Å²) >= 11 is 0. The molecule has 1 saturated carbocycles. The summed E-state index contributed by atoms with van der Waals surface area (Å²) in [5.74, 6) is -0.0275. The van der Waals surface area contributed by atoms with Crippen molar-refractivity contribution in [1.29, 1.82) is 0 Å². The molecule has 0 aromatic heterocycles. The third kappa shape index (κ3) is 8.77. The monoisotopic (exact) mass is 670 g/mol. The first-order chi connectivity index (χ1) is 23.6. The van der Waals surface area contributed by atoms with Gasteiger partial charge in [-0.15, -0.1) is 0 Å². The molecule has 8 heteroatoms. The lowest BCUT2D eigenvalue weighted by Gasteiger charge is -2.50. The molecular formula is C41H50O8. The van der Waals surface area contributed by atoms with Crippen LogP contribution in [-0.4, -0.2) is 48.6 Å². The third-order valence-corrected chi connectivity index (χ3v) is 10.2. The second-order valence-electron chi connectivity index (χ2n) is 13.6. The van der Waals surface area contributed by atoms with Crippen LogP contribution >= 0.6 is 0 Å². The molecule has 0 aliphatic heterocycles. The van der Waals surface area contributed by atoms with Crippen LogP contribution in [0, 0.1) is 11.3 Å². The van der Waals surface area contributed by atoms with E-state index in [0.717, 1.165) is 47.9 Å². The average molecular weight is 671 g/mol. The summed E-state index contributed by atoms with van der Waals surface area (Å²) in [5.41, 5.74) is 3.50. The smallest absolute Gasteiger partial charge is 0.306 e. The summed E-state index contributed by atoms with van der Waals surface area (Å²) in [7, 11) is 3.06. The van der Waals surface area contributed by atoms with Gasteiger partial charge in [-0.3, -0.25) is 9.59 Å². The quantitative estimate of drug-likeness (QED) is 0.146. The largest absolute Gasteiger partial charge is 0.504 e. The first-order valence-corrected chi connectivity index (χ1v) is 17.5. The normalized spacial score (nSPS) is 23.4. The van der Waals surface area contributed by atoms with Gasteiger partial charge in [0.2, 0.25) is 0 Å². The Hall–Kier alpha value is -4.46. The second kappa shape index (κ2) is 16.3. The highest BCUT2D eigenvalue weighted by Crippen LogP contribution is 2.54. The summed E-state index contributed by atoms with van der Waals surface area (Å²) < 4.78 is 23.4. The van der Waals surface area contributed by atoms with Gasteiger partial charge in [-0.05, 0) is 90.0 Å². The number of unbranched alkanes of at least 4 members (excludes halogenated alkanes) is 3. The Bertz CT molecular complexity index is 1620. The molecule has 2 aliphatic carbocycles. The Morgan fingerprint density at radius 1 is 0.878 bits per heavy atom. The standard InChI is InChI=1S/C41H50O8/c1-5-6-7-11-14-40(45)49-33-19-31(29-15-16-35(43)38(22-29)46-3)25-41(18-17-28-12-9-8-10-13-28)26-32-21-36(44)39(47-4)23-30(32)20-34(41)37(24-33)48-27(2)42/h8-10,12-13,15-18,21-23,31,33-34,37,43-44H,5-7,11,14,19-20,24-26H2,1-4H3/t31-,33-,34+,37-,41+/m1/s1. The molecule has 0 amide bonds. The van der Waals surface area contributed by atoms with Gasteiger partial charge in [0.25, 0.3) is 0 Å². The van der Waals surface area contributed by atoms with Crippen molar-refractivity contribution in [1.82, 2.24) is 0 Å². The number of carbonyl (C=O) groups is 2. The molecule has 262 valence electrons. The number of phenolic OH excluding ortho intramolecular Hbond substituents is 2. The number of allylic oxidation sites excluding steroid dienone is 1. The minimum atomic E-state index is -0.543. The van der Waals surface area contributed by atoms with Gasteiger partial charge < -0.3 is 29.2 Å². The van der Waals surface area contributed by atoms with E-state index in [2.05, 4.69) is 31.2 Å². The molecule has 49 heavy (non-hydrogen) atoms. The Kier molecular flexibility index (Phi) is 11.9. The average Bonchev–Trinajstić information content (AvgIpc) is 3.08. The predicted octanol–water partition coefficient (Wildman–Crippen LogP) is 8.31. The lowest BCUT2D eigenvalue weighted by molar-refractivity contribution is -0.161. The highest BCUT2D eigenvalue weighted by Gasteiger charge is 2.50. The molecule has 5 atom stereocenters. The van der Waals surface area contributed by atoms with Gasteiger partial charge in [0, 0.05) is 25.7 Å². The number of carbonyl (C=O) groups excluding carboxylic acids is 2. The molecule has 0 radical (unpaired) electrons. The number of aromatic hydroxyl groups is 2. The number of phenols is 2. The molecule has 0 spiro atoms. The molecule has 5 rings (SSSR count). The maximum absolute atomic E-state index is 13.2. The van der Waals surface area contributed by atoms with Crippen molar-refractivity contribution >= 4 is 18.0 Å². The number of ether oxygens (including phenoxy) is 4. The molecular weight excluding hydrogens is 620 g/mol. The van der Waals surface area contributed by atoms with E-state index in [-0.39, 0.29) is 35.3 Å². The van der Waals surface area contributed by atoms with Crippen LogP contribution in [0.4, 0.5) is 0 Å². The molecule has 1 fully saturated rings. The van der Waals surface area contributed by atoms with Crippen molar-refractivity contribution in [2.45, 2.75) is 96.2 Å². The van der Waals surface area contributed by atoms with Gasteiger partial charge >= 0.3 is 11.9 Å². The third-order valence-electron chi connectivity index (χ3n) is 10.2. The van der Waals surface area contributed by atoms with E-state index in [9.17, 15) is 19.8 Å². The first-order valence-electron chi connectivity index (χ1n) is 17.5. The fourth-order valence-electron chi connectivity index (χ4n) is 7.86. The maximum atomic E-state index is 13.2. The van der Waals surface area contributed by atoms with Crippen molar-refractivity contribution < 1.29 is 38.7 Å². The zero-order valence-corrected chi connectivity index (χ0v) is 29.2. The molecule has 3 aromatic rings. The lowest BCUT2D eigenvalue weighted by Crippen LogP contribution is -2.49. The first kappa shape index (κ1) is 35.8. The number of hydrogen-bond acceptors (Lipinski definition) is 8. The molecule has 2 N–H and O–H groups in total. The van der Waals surface area contributed by atoms with Crippen molar-refractivity contribution in [2.75, 3.05) is 14.2 Å². The van der Waals surface area contributed by atoms with Crippen molar-refractivity contribution in [3.8, 4) is 23.0 Å². The van der Waals surface area contributed by atoms with Gasteiger partial charge in [0.1, 0.15) is 12.2 Å². The van der Waals surface area contributed by atoms with Crippen LogP contribution in [-0.2, 0) is 31.9 Å². The molecule has 8 nitrogen and oxygen atoms in total. The van der Waals surface area contributed by atoms with Gasteiger partial charge in [0.05, 0.1) is 14.2 Å². The number of hydrogen-bond donors (Lipinski definition) is 2. The topological polar surface area (TPSA) is 112 Å². The van der Waals surface area contributed by atoms with E-state index in [1.54, 1.807) is 12.1 Å². The summed E-state index contributed by atoms with van der Waals surface area (Å²) in [6.45, 7) is 3.57. The Balaban J connectivity index is 1.64. The van der Waals surface area contributed by atoms with E-state index in [1.807, 2.05) is 36.4 Å². The van der Waals surface area contributed by atoms with Crippen LogP contribution in [0.3, 0.4) is 0 Å². The SMILES string of the molecule is CCCCCCC(=O)O[C@@H]1C[C@@H](c2ccc(O)c(OC)c2)C[C@@]2(C=Cc3ccccc3)Cc3cc(O)c(OC)cc3C[C@H]2[C@H](OC(C)=O)C1. The number of esters is 2. The second-order valence-corrected chi connectivity index (χ2v) is 13.6. The van der Waals surface area contributed by atoms with E-state index >= 15 is 0 Å². The van der Waals surface area contributed by atoms with Gasteiger partial charge in [-0.25, -0.2) is 0 Å². The van der Waals surface area contributed by atoms with Crippen molar-refractivity contribution in [3.63, 3.8) is 0 Å². The van der Waals surface area contributed by atoms with Crippen LogP contribution in [0.25, 0.3) is 6.08 Å². The summed E-state index contributed by atoms with van der Waals surface area (Å²) in [6.07, 6.45) is 10.2. The van der Waals surface area contributed by atoms with E-state index in [1.165, 1.54) is 21.1 Å². The van der Waals surface area contributed by atoms with E-state index in [4.69, 9.17) is 18.9 Å². The maximum Gasteiger partial charge on any atom is 0.306 e. The predicted molar refractivity (Wildman–Crippen MR) is 189 cm³/mol. The van der Waals surface area contributed by atoms with E-state index in [0.29, 0.717) is 50.0 Å². The highest BCUT2D eigenvalue weighted by molar-refractivity contribution is 5.69. The van der Waals surface area contributed by atoms with Gasteiger partial charge in [-0.1, -0.05) is 74.7 Å². The van der Waals surface area contributed by atoms with Gasteiger partial charge in [0.15, 0.2) is 23.0 Å². The molecule has 0 heterocycles. The molecule has 0 saturated heterocycles. The summed E-state index contributed by atoms with van der Waals surface area (Å²) in [4.78, 5) is 26.0. The molecule has 0 unspecified atom stereocenters. The summed E-state index contributed by atoms with van der Waals surface area (Å²) in [6, 6.07) is 19.2. The van der Waals surface area contributed by atoms with Crippen LogP contribution in [0.1, 0.15) is 93.4 Å². The zero-order valence-electron chi connectivity index (χ0n) is 29.2. The lowest BCUT2D eigenvalue weighted by atomic mass is 9.56. The van der Waals surface area contributed by atoms with Gasteiger partial charge in [-0.2, -0.15) is 0 Å². The number of fused-ring (bicyclic) bond motifs is 2. The Morgan fingerprint density at radius 3 is 2.35 bits per heavy atom. The van der Waals surface area contributed by atoms with E-state index < -0.39 is 17.6 Å². The molecule has 2 aliphatic rings. The number of benzene rings is 3. The zero-order chi connectivity index (χ0) is 35.0. The molecule has 0 bridgehead atoms. The van der Waals surface area contributed by atoms with Crippen LogP contribution in [0.5, 0.6) is 23.0 Å². The van der Waals surface area contributed by atoms with Crippen LogP contribution in [0.2, 0.25) is 0 Å².